The number of nitrogens with two attached hydrogens (primary N) is 1. The third-order valence-electron chi connectivity index (χ3n) is 0.955. The zero-order valence-corrected chi connectivity index (χ0v) is 6.89. The predicted octanol–water partition coefficient (Wildman–Crippen LogP) is -1.18. The number of carbonyl (C=O) groups is 1. The highest BCUT2D eigenvalue weighted by atomic mass is 35.5. The minimum atomic E-state index is -0.764. The molecule has 0 aromatic carbocycles. The largest absolute Gasteiger partial charge is 0.394 e. The highest BCUT2D eigenvalue weighted by molar-refractivity contribution is 5.85. The van der Waals surface area contributed by atoms with Crippen LogP contribution in [0.25, 0.3) is 0 Å². The van der Waals surface area contributed by atoms with Crippen LogP contribution in [-0.2, 0) is 4.79 Å². The highest BCUT2D eigenvalue weighted by Gasteiger charge is 2.12. The van der Waals surface area contributed by atoms with E-state index in [0.29, 0.717) is 0 Å². The first-order chi connectivity index (χ1) is 4.09. The molecule has 0 rings (SSSR count). The normalized spacial score (nSPS) is 11.6. The Morgan fingerprint density at radius 2 is 2.10 bits per heavy atom. The standard InChI is InChI=1S/C5H12N2O2.ClH/c1-7(2)5(9)4(6)3-8;/h4,8H,3,6H2,1-2H3;1H/t4-;/m0./s1. The lowest BCUT2D eigenvalue weighted by atomic mass is 10.3. The smallest absolute Gasteiger partial charge is 0.241 e. The zero-order valence-electron chi connectivity index (χ0n) is 6.07. The van der Waals surface area contributed by atoms with Gasteiger partial charge in [-0.25, -0.2) is 0 Å². The van der Waals surface area contributed by atoms with Crippen molar-refractivity contribution in [1.82, 2.24) is 4.90 Å². The number of rotatable bonds is 2. The summed E-state index contributed by atoms with van der Waals surface area (Å²) in [6.45, 7) is -0.295. The third kappa shape index (κ3) is 3.66. The van der Waals surface area contributed by atoms with Gasteiger partial charge in [0, 0.05) is 14.1 Å². The number of hydrogen-bond acceptors (Lipinski definition) is 3. The Morgan fingerprint density at radius 3 is 2.20 bits per heavy atom. The second kappa shape index (κ2) is 5.46. The number of carbonyl (C=O) groups excluding carboxylic acids is 1. The van der Waals surface area contributed by atoms with Crippen molar-refractivity contribution in [2.45, 2.75) is 6.04 Å². The molecule has 1 atom stereocenters. The van der Waals surface area contributed by atoms with Gasteiger partial charge in [0.15, 0.2) is 0 Å². The second-order valence-electron chi connectivity index (χ2n) is 2.02. The molecule has 4 nitrogen and oxygen atoms in total. The average molecular weight is 169 g/mol. The van der Waals surface area contributed by atoms with Gasteiger partial charge in [0.25, 0.3) is 0 Å². The van der Waals surface area contributed by atoms with Gasteiger partial charge in [0.05, 0.1) is 6.61 Å². The number of hydrogen-bond donors (Lipinski definition) is 2. The molecule has 0 unspecified atom stereocenters. The van der Waals surface area contributed by atoms with Gasteiger partial charge in [0.1, 0.15) is 6.04 Å². The Balaban J connectivity index is 0. The van der Waals surface area contributed by atoms with Crippen molar-refractivity contribution >= 4 is 18.3 Å². The van der Waals surface area contributed by atoms with E-state index in [-0.39, 0.29) is 24.9 Å². The predicted molar refractivity (Wildman–Crippen MR) is 41.0 cm³/mol. The maximum atomic E-state index is 10.7. The van der Waals surface area contributed by atoms with Gasteiger partial charge in [-0.15, -0.1) is 12.4 Å². The number of nitrogens with zero attached hydrogens (tertiary/aromatic N) is 1. The molecule has 10 heavy (non-hydrogen) atoms. The van der Waals surface area contributed by atoms with Gasteiger partial charge in [0.2, 0.25) is 5.91 Å². The van der Waals surface area contributed by atoms with Crippen LogP contribution in [0.4, 0.5) is 0 Å². The van der Waals surface area contributed by atoms with Crippen molar-refractivity contribution in [3.05, 3.63) is 0 Å². The summed E-state index contributed by atoms with van der Waals surface area (Å²) >= 11 is 0. The number of aliphatic hydroxyl groups excluding tert-OH is 1. The van der Waals surface area contributed by atoms with Crippen molar-refractivity contribution < 1.29 is 9.90 Å². The van der Waals surface area contributed by atoms with Crippen LogP contribution in [0, 0.1) is 0 Å². The minimum absolute atomic E-state index is 0. The first kappa shape index (κ1) is 12.4. The van der Waals surface area contributed by atoms with Crippen molar-refractivity contribution in [3.63, 3.8) is 0 Å². The van der Waals surface area contributed by atoms with Crippen LogP contribution >= 0.6 is 12.4 Å². The van der Waals surface area contributed by atoms with E-state index in [1.807, 2.05) is 0 Å². The molecule has 3 N–H and O–H groups in total. The summed E-state index contributed by atoms with van der Waals surface area (Å²) in [6, 6.07) is -0.764. The van der Waals surface area contributed by atoms with Gasteiger partial charge in [-0.2, -0.15) is 0 Å². The van der Waals surface area contributed by atoms with Crippen LogP contribution in [0.15, 0.2) is 0 Å². The molecule has 0 aromatic heterocycles. The number of aliphatic hydroxyl groups is 1. The van der Waals surface area contributed by atoms with E-state index in [1.54, 1.807) is 14.1 Å². The topological polar surface area (TPSA) is 66.6 Å². The summed E-state index contributed by atoms with van der Waals surface area (Å²) < 4.78 is 0. The maximum absolute atomic E-state index is 10.7. The molecular weight excluding hydrogens is 156 g/mol. The molecule has 0 aliphatic heterocycles. The molecular formula is C5H13ClN2O2. The number of amides is 1. The Hall–Kier alpha value is -0.320. The first-order valence-electron chi connectivity index (χ1n) is 2.67. The Bertz CT molecular complexity index is 108. The quantitative estimate of drug-likeness (QED) is 0.546. The zero-order chi connectivity index (χ0) is 7.44. The summed E-state index contributed by atoms with van der Waals surface area (Å²) in [7, 11) is 3.19. The highest BCUT2D eigenvalue weighted by Crippen LogP contribution is 1.82. The van der Waals surface area contributed by atoms with Crippen LogP contribution in [-0.4, -0.2) is 42.7 Å². The minimum Gasteiger partial charge on any atom is -0.394 e. The van der Waals surface area contributed by atoms with Crippen LogP contribution in [0.5, 0.6) is 0 Å². The summed E-state index contributed by atoms with van der Waals surface area (Å²) in [5.41, 5.74) is 5.18. The fourth-order valence-electron chi connectivity index (χ4n) is 0.410. The summed E-state index contributed by atoms with van der Waals surface area (Å²) in [4.78, 5) is 12.1. The van der Waals surface area contributed by atoms with E-state index in [2.05, 4.69) is 0 Å². The van der Waals surface area contributed by atoms with Gasteiger partial charge >= 0.3 is 0 Å². The lowest BCUT2D eigenvalue weighted by molar-refractivity contribution is -0.130. The maximum Gasteiger partial charge on any atom is 0.241 e. The lowest BCUT2D eigenvalue weighted by Gasteiger charge is -2.13. The molecule has 0 saturated carbocycles. The molecule has 62 valence electrons. The lowest BCUT2D eigenvalue weighted by Crippen LogP contribution is -2.42. The Labute approximate surface area is 66.4 Å². The Kier molecular flexibility index (Phi) is 6.76. The van der Waals surface area contributed by atoms with E-state index in [9.17, 15) is 4.79 Å². The molecule has 0 spiro atoms. The van der Waals surface area contributed by atoms with E-state index in [0.717, 1.165) is 0 Å². The van der Waals surface area contributed by atoms with Crippen LogP contribution in [0.3, 0.4) is 0 Å². The molecule has 0 aliphatic rings. The molecule has 1 amide bonds. The van der Waals surface area contributed by atoms with Crippen LogP contribution in [0.2, 0.25) is 0 Å². The van der Waals surface area contributed by atoms with Crippen LogP contribution < -0.4 is 5.73 Å². The van der Waals surface area contributed by atoms with Gasteiger partial charge in [-0.3, -0.25) is 4.79 Å². The molecule has 0 bridgehead atoms. The van der Waals surface area contributed by atoms with Crippen molar-refractivity contribution in [3.8, 4) is 0 Å². The van der Waals surface area contributed by atoms with Crippen molar-refractivity contribution in [1.29, 1.82) is 0 Å². The van der Waals surface area contributed by atoms with E-state index in [4.69, 9.17) is 10.8 Å². The van der Waals surface area contributed by atoms with Crippen LogP contribution in [0.1, 0.15) is 0 Å². The fraction of sp³-hybridized carbons (Fsp3) is 0.800. The van der Waals surface area contributed by atoms with Crippen molar-refractivity contribution in [2.75, 3.05) is 20.7 Å². The number of likely N-dealkylation sites (N-methyl/N-ethyl adjacent to an activating group) is 1. The molecule has 0 fully saturated rings. The monoisotopic (exact) mass is 168 g/mol. The summed E-state index contributed by atoms with van der Waals surface area (Å²) in [5, 5.41) is 8.38. The molecule has 0 aliphatic carbocycles. The second-order valence-corrected chi connectivity index (χ2v) is 2.02. The summed E-state index contributed by atoms with van der Waals surface area (Å²) in [5.74, 6) is -0.252. The molecule has 0 radical (unpaired) electrons. The molecule has 0 heterocycles. The van der Waals surface area contributed by atoms with Gasteiger partial charge in [-0.05, 0) is 0 Å². The number of halogens is 1. The SMILES string of the molecule is CN(C)C(=O)[C@@H](N)CO.Cl. The molecule has 5 heteroatoms. The molecule has 0 saturated heterocycles. The average Bonchev–Trinajstić information content (AvgIpc) is 1.84. The van der Waals surface area contributed by atoms with E-state index >= 15 is 0 Å². The molecule has 0 aromatic rings. The Morgan fingerprint density at radius 1 is 1.70 bits per heavy atom. The van der Waals surface area contributed by atoms with E-state index in [1.165, 1.54) is 4.90 Å². The summed E-state index contributed by atoms with van der Waals surface area (Å²) in [6.07, 6.45) is 0. The van der Waals surface area contributed by atoms with E-state index < -0.39 is 6.04 Å². The third-order valence-corrected chi connectivity index (χ3v) is 0.955. The fourth-order valence-corrected chi connectivity index (χ4v) is 0.410. The van der Waals surface area contributed by atoms with Gasteiger partial charge in [-0.1, -0.05) is 0 Å². The first-order valence-corrected chi connectivity index (χ1v) is 2.67. The van der Waals surface area contributed by atoms with Gasteiger partial charge < -0.3 is 15.7 Å². The van der Waals surface area contributed by atoms with Crippen molar-refractivity contribution in [2.24, 2.45) is 5.73 Å².